The molecule has 0 aromatic carbocycles. The predicted octanol–water partition coefficient (Wildman–Crippen LogP) is 1.81. The summed E-state index contributed by atoms with van der Waals surface area (Å²) in [6.45, 7) is 2.92. The van der Waals surface area contributed by atoms with E-state index in [0.717, 1.165) is 36.4 Å². The van der Waals surface area contributed by atoms with Gasteiger partial charge in [0.1, 0.15) is 5.52 Å². The second kappa shape index (κ2) is 5.09. The van der Waals surface area contributed by atoms with Crippen molar-refractivity contribution in [3.8, 4) is 0 Å². The zero-order valence-corrected chi connectivity index (χ0v) is 10.8. The molecule has 6 heteroatoms. The summed E-state index contributed by atoms with van der Waals surface area (Å²) in [5.41, 5.74) is 3.43. The van der Waals surface area contributed by atoms with Crippen molar-refractivity contribution in [3.05, 3.63) is 42.1 Å². The van der Waals surface area contributed by atoms with E-state index in [0.29, 0.717) is 0 Å². The first kappa shape index (κ1) is 11.7. The van der Waals surface area contributed by atoms with Crippen LogP contribution in [0.2, 0.25) is 0 Å². The second-order valence-electron chi connectivity index (χ2n) is 4.49. The lowest BCUT2D eigenvalue weighted by Crippen LogP contribution is -2.06. The number of aromatic nitrogens is 5. The molecule has 0 radical (unpaired) electrons. The third-order valence-corrected chi connectivity index (χ3v) is 3.17. The van der Waals surface area contributed by atoms with Gasteiger partial charge in [-0.15, -0.1) is 0 Å². The summed E-state index contributed by atoms with van der Waals surface area (Å²) in [6.07, 6.45) is 9.31. The van der Waals surface area contributed by atoms with Crippen LogP contribution in [0.1, 0.15) is 17.7 Å². The van der Waals surface area contributed by atoms with Crippen LogP contribution in [-0.4, -0.2) is 31.3 Å². The molecule has 3 heterocycles. The van der Waals surface area contributed by atoms with Crippen LogP contribution in [0, 0.1) is 6.92 Å². The molecule has 0 atom stereocenters. The van der Waals surface area contributed by atoms with Crippen molar-refractivity contribution in [2.45, 2.75) is 19.8 Å². The highest BCUT2D eigenvalue weighted by Gasteiger charge is 2.03. The number of hydrogen-bond donors (Lipinski definition) is 2. The Morgan fingerprint density at radius 1 is 1.37 bits per heavy atom. The zero-order valence-electron chi connectivity index (χ0n) is 10.8. The lowest BCUT2D eigenvalue weighted by Gasteiger charge is -2.06. The molecule has 0 aliphatic heterocycles. The van der Waals surface area contributed by atoms with Gasteiger partial charge in [-0.2, -0.15) is 10.2 Å². The minimum atomic E-state index is 0.877. The lowest BCUT2D eigenvalue weighted by atomic mass is 10.1. The van der Waals surface area contributed by atoms with Gasteiger partial charge in [-0.3, -0.25) is 5.10 Å². The first-order valence-electron chi connectivity index (χ1n) is 6.35. The van der Waals surface area contributed by atoms with Crippen LogP contribution < -0.4 is 5.32 Å². The molecule has 3 aromatic heterocycles. The molecule has 3 rings (SSSR count). The molecule has 0 amide bonds. The smallest absolute Gasteiger partial charge is 0.152 e. The van der Waals surface area contributed by atoms with Crippen LogP contribution in [0.25, 0.3) is 5.52 Å². The summed E-state index contributed by atoms with van der Waals surface area (Å²) in [6, 6.07) is 1.95. The number of nitrogens with zero attached hydrogens (tertiary/aromatic N) is 4. The number of rotatable bonds is 5. The summed E-state index contributed by atoms with van der Waals surface area (Å²) in [5, 5.41) is 14.5. The monoisotopic (exact) mass is 256 g/mol. The molecule has 0 spiro atoms. The van der Waals surface area contributed by atoms with E-state index >= 15 is 0 Å². The predicted molar refractivity (Wildman–Crippen MR) is 73.1 cm³/mol. The van der Waals surface area contributed by atoms with E-state index in [9.17, 15) is 0 Å². The topological polar surface area (TPSA) is 70.9 Å². The highest BCUT2D eigenvalue weighted by molar-refractivity contribution is 5.66. The Morgan fingerprint density at radius 3 is 3.16 bits per heavy atom. The molecule has 98 valence electrons. The zero-order chi connectivity index (χ0) is 13.1. The SMILES string of the molecule is Cc1[nH]ncc1CCCNc1nccn2nccc12. The fourth-order valence-electron chi connectivity index (χ4n) is 2.11. The number of anilines is 1. The molecule has 19 heavy (non-hydrogen) atoms. The lowest BCUT2D eigenvalue weighted by molar-refractivity contribution is 0.851. The number of H-pyrrole nitrogens is 1. The molecule has 0 bridgehead atoms. The summed E-state index contributed by atoms with van der Waals surface area (Å²) in [4.78, 5) is 4.34. The highest BCUT2D eigenvalue weighted by atomic mass is 15.2. The Kier molecular flexibility index (Phi) is 3.14. The maximum atomic E-state index is 4.34. The van der Waals surface area contributed by atoms with E-state index in [-0.39, 0.29) is 0 Å². The van der Waals surface area contributed by atoms with Crippen LogP contribution in [0.4, 0.5) is 5.82 Å². The Hall–Kier alpha value is -2.37. The van der Waals surface area contributed by atoms with Crippen LogP contribution in [0.5, 0.6) is 0 Å². The standard InChI is InChI=1S/C13H16N6/c1-10-11(9-16-18-10)3-2-5-14-13-12-4-6-17-19(12)8-7-15-13/h4,6-9H,2-3,5H2,1H3,(H,14,15)(H,16,18). The minimum Gasteiger partial charge on any atom is -0.368 e. The maximum absolute atomic E-state index is 4.34. The van der Waals surface area contributed by atoms with Crippen LogP contribution in [0.15, 0.2) is 30.9 Å². The van der Waals surface area contributed by atoms with Gasteiger partial charge in [-0.1, -0.05) is 0 Å². The van der Waals surface area contributed by atoms with Crippen LogP contribution >= 0.6 is 0 Å². The first-order chi connectivity index (χ1) is 9.34. The quantitative estimate of drug-likeness (QED) is 0.683. The van der Waals surface area contributed by atoms with Gasteiger partial charge in [0.2, 0.25) is 0 Å². The molecule has 6 nitrogen and oxygen atoms in total. The fraction of sp³-hybridized carbons (Fsp3) is 0.308. The van der Waals surface area contributed by atoms with Gasteiger partial charge in [0.25, 0.3) is 0 Å². The summed E-state index contributed by atoms with van der Waals surface area (Å²) < 4.78 is 1.82. The van der Waals surface area contributed by atoms with Crippen molar-refractivity contribution in [2.24, 2.45) is 0 Å². The average molecular weight is 256 g/mol. The Bertz CT molecular complexity index is 668. The van der Waals surface area contributed by atoms with E-state index in [1.165, 1.54) is 5.56 Å². The molecule has 0 aliphatic rings. The largest absolute Gasteiger partial charge is 0.368 e. The summed E-state index contributed by atoms with van der Waals surface area (Å²) in [7, 11) is 0. The number of aryl methyl sites for hydroxylation is 2. The maximum Gasteiger partial charge on any atom is 0.152 e. The van der Waals surface area contributed by atoms with E-state index in [4.69, 9.17) is 0 Å². The molecular weight excluding hydrogens is 240 g/mol. The van der Waals surface area contributed by atoms with Gasteiger partial charge >= 0.3 is 0 Å². The average Bonchev–Trinajstić information content (AvgIpc) is 3.04. The van der Waals surface area contributed by atoms with Crippen molar-refractivity contribution in [1.29, 1.82) is 0 Å². The fourth-order valence-corrected chi connectivity index (χ4v) is 2.11. The van der Waals surface area contributed by atoms with Gasteiger partial charge in [-0.25, -0.2) is 9.50 Å². The van der Waals surface area contributed by atoms with Crippen LogP contribution in [0.3, 0.4) is 0 Å². The Morgan fingerprint density at radius 2 is 2.32 bits per heavy atom. The van der Waals surface area contributed by atoms with Crippen molar-refractivity contribution in [1.82, 2.24) is 24.8 Å². The van der Waals surface area contributed by atoms with Gasteiger partial charge in [-0.05, 0) is 31.4 Å². The molecule has 0 saturated carbocycles. The van der Waals surface area contributed by atoms with E-state index in [1.807, 2.05) is 29.9 Å². The van der Waals surface area contributed by atoms with E-state index < -0.39 is 0 Å². The minimum absolute atomic E-state index is 0.877. The molecule has 0 fully saturated rings. The molecule has 2 N–H and O–H groups in total. The highest BCUT2D eigenvalue weighted by Crippen LogP contribution is 2.12. The molecule has 0 saturated heterocycles. The molecule has 0 unspecified atom stereocenters. The molecular formula is C13H16N6. The summed E-state index contributed by atoms with van der Waals surface area (Å²) >= 11 is 0. The van der Waals surface area contributed by atoms with Crippen LogP contribution in [-0.2, 0) is 6.42 Å². The number of nitrogens with one attached hydrogen (secondary N) is 2. The summed E-state index contributed by atoms with van der Waals surface area (Å²) in [5.74, 6) is 0.879. The van der Waals surface area contributed by atoms with Crippen molar-refractivity contribution in [2.75, 3.05) is 11.9 Å². The van der Waals surface area contributed by atoms with Crippen molar-refractivity contribution < 1.29 is 0 Å². The third kappa shape index (κ3) is 2.42. The number of aromatic amines is 1. The molecule has 3 aromatic rings. The van der Waals surface area contributed by atoms with Gasteiger partial charge in [0.05, 0.1) is 12.4 Å². The number of hydrogen-bond acceptors (Lipinski definition) is 4. The normalized spacial score (nSPS) is 11.0. The van der Waals surface area contributed by atoms with Gasteiger partial charge < -0.3 is 5.32 Å². The van der Waals surface area contributed by atoms with E-state index in [2.05, 4.69) is 25.6 Å². The Balaban J connectivity index is 1.58. The third-order valence-electron chi connectivity index (χ3n) is 3.17. The van der Waals surface area contributed by atoms with Crippen molar-refractivity contribution in [3.63, 3.8) is 0 Å². The van der Waals surface area contributed by atoms with Gasteiger partial charge in [0.15, 0.2) is 5.82 Å². The second-order valence-corrected chi connectivity index (χ2v) is 4.49. The first-order valence-corrected chi connectivity index (χ1v) is 6.35. The number of fused-ring (bicyclic) bond motifs is 1. The molecule has 0 aliphatic carbocycles. The Labute approximate surface area is 110 Å². The van der Waals surface area contributed by atoms with Gasteiger partial charge in [0, 0.05) is 24.6 Å². The van der Waals surface area contributed by atoms with Crippen molar-refractivity contribution >= 4 is 11.3 Å². The van der Waals surface area contributed by atoms with E-state index in [1.54, 1.807) is 12.4 Å².